The van der Waals surface area contributed by atoms with Crippen molar-refractivity contribution in [3.05, 3.63) is 88.8 Å². The Kier molecular flexibility index (Phi) is 4.40. The summed E-state index contributed by atoms with van der Waals surface area (Å²) in [4.78, 5) is 37.7. The van der Waals surface area contributed by atoms with E-state index >= 15 is 0 Å². The molecule has 0 saturated heterocycles. The number of hydrogen-bond donors (Lipinski definition) is 0. The van der Waals surface area contributed by atoms with Crippen LogP contribution in [0.25, 0.3) is 20.2 Å². The lowest BCUT2D eigenvalue weighted by molar-refractivity contribution is 0.103. The van der Waals surface area contributed by atoms with Crippen molar-refractivity contribution in [3.63, 3.8) is 0 Å². The van der Waals surface area contributed by atoms with Crippen molar-refractivity contribution in [3.8, 4) is 0 Å². The van der Waals surface area contributed by atoms with Gasteiger partial charge in [-0.2, -0.15) is 0 Å². The fourth-order valence-corrected chi connectivity index (χ4v) is 4.68. The summed E-state index contributed by atoms with van der Waals surface area (Å²) in [7, 11) is 0. The first kappa shape index (κ1) is 17.4. The van der Waals surface area contributed by atoms with Gasteiger partial charge in [-0.1, -0.05) is 45.9 Å². The van der Waals surface area contributed by atoms with E-state index in [2.05, 4.69) is 0 Å². The predicted molar refractivity (Wildman–Crippen MR) is 110 cm³/mol. The summed E-state index contributed by atoms with van der Waals surface area (Å²) in [6.07, 6.45) is 0. The fraction of sp³-hybridized carbons (Fsp3) is 0. The number of carbonyl (C=O) groups excluding carboxylic acids is 1. The molecule has 0 radical (unpaired) electrons. The van der Waals surface area contributed by atoms with Gasteiger partial charge >= 0.3 is 0 Å². The van der Waals surface area contributed by atoms with Gasteiger partial charge in [0.2, 0.25) is 15.3 Å². The van der Waals surface area contributed by atoms with Crippen molar-refractivity contribution >= 4 is 71.8 Å². The molecule has 7 heteroatoms. The van der Waals surface area contributed by atoms with E-state index in [1.807, 2.05) is 0 Å². The Morgan fingerprint density at radius 3 is 1.54 bits per heavy atom. The zero-order valence-electron chi connectivity index (χ0n) is 12.9. The molecule has 0 spiro atoms. The standard InChI is InChI=1S/C19H8Cl2O3S2/c20-11-1-3-15-9(5-11)7-13(18(23)25-15)17(22)14-8-10-6-12(21)2-4-16(10)26-19(14)24/h1-8H. The molecule has 3 nitrogen and oxygen atoms in total. The van der Waals surface area contributed by atoms with Gasteiger partial charge in [0.1, 0.15) is 0 Å². The molecule has 0 aliphatic carbocycles. The summed E-state index contributed by atoms with van der Waals surface area (Å²) in [6, 6.07) is 13.2. The quantitative estimate of drug-likeness (QED) is 0.410. The molecule has 0 fully saturated rings. The van der Waals surface area contributed by atoms with Crippen LogP contribution in [-0.2, 0) is 0 Å². The second-order valence-electron chi connectivity index (χ2n) is 5.59. The smallest absolute Gasteiger partial charge is 0.244 e. The van der Waals surface area contributed by atoms with Gasteiger partial charge in [0.15, 0.2) is 0 Å². The van der Waals surface area contributed by atoms with Gasteiger partial charge < -0.3 is 0 Å². The summed E-state index contributed by atoms with van der Waals surface area (Å²) < 4.78 is 0.679. The van der Waals surface area contributed by atoms with Gasteiger partial charge in [-0.15, -0.1) is 0 Å². The molecule has 0 bridgehead atoms. The van der Waals surface area contributed by atoms with E-state index in [0.29, 0.717) is 20.8 Å². The van der Waals surface area contributed by atoms with E-state index in [0.717, 1.165) is 32.1 Å². The van der Waals surface area contributed by atoms with Crippen LogP contribution in [0.3, 0.4) is 0 Å². The van der Waals surface area contributed by atoms with E-state index < -0.39 is 5.78 Å². The Bertz CT molecular complexity index is 1220. The predicted octanol–water partition coefficient (Wildman–Crippen LogP) is 5.37. The minimum atomic E-state index is -0.587. The Morgan fingerprint density at radius 2 is 1.12 bits per heavy atom. The maximum Gasteiger partial charge on any atom is 0.244 e. The van der Waals surface area contributed by atoms with Crippen molar-refractivity contribution in [2.45, 2.75) is 0 Å². The van der Waals surface area contributed by atoms with E-state index in [9.17, 15) is 14.4 Å². The molecule has 0 saturated carbocycles. The molecule has 0 N–H and O–H groups in total. The maximum absolute atomic E-state index is 12.9. The van der Waals surface area contributed by atoms with Crippen LogP contribution in [0.5, 0.6) is 0 Å². The first-order valence-electron chi connectivity index (χ1n) is 7.44. The molecular formula is C19H8Cl2O3S2. The molecular weight excluding hydrogens is 411 g/mol. The topological polar surface area (TPSA) is 51.2 Å². The molecule has 4 aromatic rings. The summed E-state index contributed by atoms with van der Waals surface area (Å²) in [5.41, 5.74) is -0.0640. The summed E-state index contributed by atoms with van der Waals surface area (Å²) in [5, 5.41) is 2.39. The van der Waals surface area contributed by atoms with Gasteiger partial charge in [-0.05, 0) is 59.3 Å². The van der Waals surface area contributed by atoms with Gasteiger partial charge in [-0.3, -0.25) is 14.4 Å². The number of carbonyl (C=O) groups is 1. The summed E-state index contributed by atoms with van der Waals surface area (Å²) >= 11 is 13.9. The molecule has 0 aliphatic heterocycles. The van der Waals surface area contributed by atoms with E-state index in [-0.39, 0.29) is 20.6 Å². The molecule has 2 aromatic heterocycles. The third-order valence-corrected chi connectivity index (χ3v) is 6.34. The number of hydrogen-bond acceptors (Lipinski definition) is 5. The monoisotopic (exact) mass is 418 g/mol. The third-order valence-electron chi connectivity index (χ3n) is 3.88. The molecule has 4 rings (SSSR count). The Labute approximate surface area is 165 Å². The third kappa shape index (κ3) is 3.08. The van der Waals surface area contributed by atoms with Gasteiger partial charge in [-0.25, -0.2) is 0 Å². The highest BCUT2D eigenvalue weighted by Gasteiger charge is 2.18. The van der Waals surface area contributed by atoms with Crippen molar-refractivity contribution in [2.75, 3.05) is 0 Å². The first-order chi connectivity index (χ1) is 12.4. The van der Waals surface area contributed by atoms with Gasteiger partial charge in [0.05, 0.1) is 11.1 Å². The zero-order chi connectivity index (χ0) is 18.4. The molecule has 2 aromatic carbocycles. The minimum Gasteiger partial charge on any atom is -0.288 e. The highest BCUT2D eigenvalue weighted by molar-refractivity contribution is 7.17. The number of fused-ring (bicyclic) bond motifs is 2. The summed E-state index contributed by atoms with van der Waals surface area (Å²) in [5.74, 6) is -0.587. The van der Waals surface area contributed by atoms with E-state index in [1.165, 1.54) is 12.1 Å². The van der Waals surface area contributed by atoms with Crippen molar-refractivity contribution in [2.24, 2.45) is 0 Å². The van der Waals surface area contributed by atoms with Crippen LogP contribution in [0, 0.1) is 0 Å². The van der Waals surface area contributed by atoms with Crippen LogP contribution in [0.15, 0.2) is 58.1 Å². The van der Waals surface area contributed by atoms with Crippen LogP contribution >= 0.6 is 45.9 Å². The van der Waals surface area contributed by atoms with Gasteiger partial charge in [0.25, 0.3) is 0 Å². The number of rotatable bonds is 2. The summed E-state index contributed by atoms with van der Waals surface area (Å²) in [6.45, 7) is 0. The molecule has 128 valence electrons. The van der Waals surface area contributed by atoms with E-state index in [1.54, 1.807) is 36.4 Å². The Morgan fingerprint density at radius 1 is 0.692 bits per heavy atom. The molecule has 0 amide bonds. The average molecular weight is 419 g/mol. The highest BCUT2D eigenvalue weighted by Crippen LogP contribution is 2.25. The Balaban J connectivity index is 1.92. The number of ketones is 1. The minimum absolute atomic E-state index is 0.0320. The lowest BCUT2D eigenvalue weighted by Gasteiger charge is -2.04. The van der Waals surface area contributed by atoms with Crippen molar-refractivity contribution in [1.29, 1.82) is 0 Å². The second kappa shape index (κ2) is 6.59. The first-order valence-corrected chi connectivity index (χ1v) is 9.83. The molecule has 0 unspecified atom stereocenters. The van der Waals surface area contributed by atoms with E-state index in [4.69, 9.17) is 23.2 Å². The average Bonchev–Trinajstić information content (AvgIpc) is 2.60. The molecule has 0 aliphatic rings. The van der Waals surface area contributed by atoms with Crippen LogP contribution < -0.4 is 9.48 Å². The fourth-order valence-electron chi connectivity index (χ4n) is 2.65. The number of halogens is 2. The van der Waals surface area contributed by atoms with Crippen LogP contribution in [0.1, 0.15) is 15.9 Å². The number of benzene rings is 2. The van der Waals surface area contributed by atoms with Gasteiger partial charge in [0, 0.05) is 19.4 Å². The molecule has 26 heavy (non-hydrogen) atoms. The molecule has 2 heterocycles. The van der Waals surface area contributed by atoms with Crippen LogP contribution in [0.2, 0.25) is 10.0 Å². The molecule has 0 atom stereocenters. The Hall–Kier alpha value is -2.05. The van der Waals surface area contributed by atoms with Crippen LogP contribution in [-0.4, -0.2) is 5.78 Å². The largest absolute Gasteiger partial charge is 0.288 e. The maximum atomic E-state index is 12.9. The van der Waals surface area contributed by atoms with Crippen LogP contribution in [0.4, 0.5) is 0 Å². The van der Waals surface area contributed by atoms with Crippen molar-refractivity contribution < 1.29 is 4.79 Å². The second-order valence-corrected chi connectivity index (χ2v) is 8.49. The normalized spacial score (nSPS) is 11.2. The zero-order valence-corrected chi connectivity index (χ0v) is 16.1. The lowest BCUT2D eigenvalue weighted by Crippen LogP contribution is -2.18. The SMILES string of the molecule is O=C(c1cc2cc(Cl)ccc2sc1=O)c1cc2cc(Cl)ccc2sc1=O. The highest BCUT2D eigenvalue weighted by atomic mass is 35.5. The lowest BCUT2D eigenvalue weighted by atomic mass is 10.1. The van der Waals surface area contributed by atoms with Crippen molar-refractivity contribution in [1.82, 2.24) is 0 Å².